The number of carbonyl (C=O) groups is 2. The first-order valence-electron chi connectivity index (χ1n) is 11.8. The maximum absolute atomic E-state index is 13.7. The van der Waals surface area contributed by atoms with Crippen LogP contribution in [-0.4, -0.2) is 50.0 Å². The molecular formula is C25H29Cl3FN3O4S. The van der Waals surface area contributed by atoms with E-state index in [4.69, 9.17) is 34.8 Å². The highest BCUT2D eigenvalue weighted by atomic mass is 35.5. The van der Waals surface area contributed by atoms with Gasteiger partial charge in [0.1, 0.15) is 18.4 Å². The maximum atomic E-state index is 13.7. The number of hydrogen-bond acceptors (Lipinski definition) is 4. The Bertz CT molecular complexity index is 1240. The predicted octanol–water partition coefficient (Wildman–Crippen LogP) is 5.42. The molecule has 1 aliphatic carbocycles. The van der Waals surface area contributed by atoms with Crippen molar-refractivity contribution in [2.24, 2.45) is 0 Å². The summed E-state index contributed by atoms with van der Waals surface area (Å²) in [6, 6.07) is 7.29. The quantitative estimate of drug-likeness (QED) is 0.421. The Morgan fingerprint density at radius 1 is 1.05 bits per heavy atom. The second-order valence-electron chi connectivity index (χ2n) is 9.11. The molecule has 2 aromatic rings. The van der Waals surface area contributed by atoms with Crippen LogP contribution < -0.4 is 9.62 Å². The molecule has 0 heterocycles. The molecular weight excluding hydrogens is 564 g/mol. The molecule has 2 aromatic carbocycles. The van der Waals surface area contributed by atoms with Gasteiger partial charge in [-0.1, -0.05) is 60.1 Å². The molecule has 1 atom stereocenters. The van der Waals surface area contributed by atoms with Gasteiger partial charge in [0.25, 0.3) is 0 Å². The summed E-state index contributed by atoms with van der Waals surface area (Å²) in [5.74, 6) is -1.76. The number of amides is 2. The molecule has 0 saturated heterocycles. The molecule has 0 aliphatic heterocycles. The Labute approximate surface area is 231 Å². The smallest absolute Gasteiger partial charge is 0.244 e. The summed E-state index contributed by atoms with van der Waals surface area (Å²) in [4.78, 5) is 28.1. The van der Waals surface area contributed by atoms with E-state index in [2.05, 4.69) is 5.32 Å². The monoisotopic (exact) mass is 591 g/mol. The Kier molecular flexibility index (Phi) is 10.1. The Balaban J connectivity index is 1.93. The van der Waals surface area contributed by atoms with Crippen molar-refractivity contribution in [1.82, 2.24) is 10.2 Å². The minimum Gasteiger partial charge on any atom is -0.352 e. The number of carbonyl (C=O) groups excluding carboxylic acids is 2. The summed E-state index contributed by atoms with van der Waals surface area (Å²) in [5, 5.41) is 3.32. The first kappa shape index (κ1) is 29.5. The molecule has 2 amide bonds. The molecule has 0 aromatic heterocycles. The van der Waals surface area contributed by atoms with Gasteiger partial charge < -0.3 is 10.2 Å². The second kappa shape index (κ2) is 12.7. The van der Waals surface area contributed by atoms with Crippen LogP contribution in [0.15, 0.2) is 36.4 Å². The highest BCUT2D eigenvalue weighted by molar-refractivity contribution is 7.92. The maximum Gasteiger partial charge on any atom is 0.244 e. The van der Waals surface area contributed by atoms with Crippen molar-refractivity contribution in [2.75, 3.05) is 17.1 Å². The molecule has 37 heavy (non-hydrogen) atoms. The lowest BCUT2D eigenvalue weighted by molar-refractivity contribution is -0.139. The molecule has 1 fully saturated rings. The minimum absolute atomic E-state index is 0.0114. The van der Waals surface area contributed by atoms with Crippen molar-refractivity contribution in [3.05, 3.63) is 62.8 Å². The Morgan fingerprint density at radius 2 is 1.68 bits per heavy atom. The summed E-state index contributed by atoms with van der Waals surface area (Å²) in [6.07, 6.45) is 5.78. The fourth-order valence-corrected chi connectivity index (χ4v) is 5.79. The number of anilines is 1. The van der Waals surface area contributed by atoms with Crippen LogP contribution in [0.25, 0.3) is 0 Å². The molecule has 3 rings (SSSR count). The van der Waals surface area contributed by atoms with Crippen LogP contribution in [0.3, 0.4) is 0 Å². The van der Waals surface area contributed by atoms with E-state index < -0.39 is 34.3 Å². The van der Waals surface area contributed by atoms with Crippen LogP contribution in [0.4, 0.5) is 10.1 Å². The van der Waals surface area contributed by atoms with Gasteiger partial charge in [-0.3, -0.25) is 13.9 Å². The first-order chi connectivity index (χ1) is 17.4. The molecule has 1 saturated carbocycles. The van der Waals surface area contributed by atoms with Crippen LogP contribution in [-0.2, 0) is 26.2 Å². The SMILES string of the molecule is C[C@@H](C(=O)NC1CCCCC1)N(Cc1c(Cl)cccc1Cl)C(=O)CN(c1ccc(F)c(Cl)c1)S(C)(=O)=O. The zero-order valence-corrected chi connectivity index (χ0v) is 23.6. The molecule has 0 radical (unpaired) electrons. The molecule has 7 nitrogen and oxygen atoms in total. The molecule has 0 unspecified atom stereocenters. The van der Waals surface area contributed by atoms with Gasteiger partial charge in [0.05, 0.1) is 17.0 Å². The molecule has 1 N–H and O–H groups in total. The van der Waals surface area contributed by atoms with Crippen molar-refractivity contribution in [3.63, 3.8) is 0 Å². The number of halogens is 4. The van der Waals surface area contributed by atoms with Gasteiger partial charge in [-0.2, -0.15) is 0 Å². The number of nitrogens with one attached hydrogen (secondary N) is 1. The van der Waals surface area contributed by atoms with Crippen LogP contribution in [0, 0.1) is 5.82 Å². The zero-order valence-electron chi connectivity index (χ0n) is 20.5. The van der Waals surface area contributed by atoms with Crippen molar-refractivity contribution >= 4 is 62.3 Å². The zero-order chi connectivity index (χ0) is 27.3. The Morgan fingerprint density at radius 3 is 2.24 bits per heavy atom. The largest absolute Gasteiger partial charge is 0.352 e. The van der Waals surface area contributed by atoms with Crippen molar-refractivity contribution in [1.29, 1.82) is 0 Å². The number of hydrogen-bond donors (Lipinski definition) is 1. The normalized spacial score (nSPS) is 15.2. The molecule has 0 bridgehead atoms. The number of sulfonamides is 1. The van der Waals surface area contributed by atoms with Gasteiger partial charge in [-0.25, -0.2) is 12.8 Å². The van der Waals surface area contributed by atoms with Gasteiger partial charge >= 0.3 is 0 Å². The topological polar surface area (TPSA) is 86.8 Å². The van der Waals surface area contributed by atoms with Crippen LogP contribution in [0.5, 0.6) is 0 Å². The van der Waals surface area contributed by atoms with Crippen LogP contribution in [0.1, 0.15) is 44.6 Å². The van der Waals surface area contributed by atoms with Crippen molar-refractivity contribution in [2.45, 2.75) is 57.7 Å². The first-order valence-corrected chi connectivity index (χ1v) is 14.8. The van der Waals surface area contributed by atoms with E-state index in [-0.39, 0.29) is 29.2 Å². The summed E-state index contributed by atoms with van der Waals surface area (Å²) in [6.45, 7) is 0.794. The van der Waals surface area contributed by atoms with E-state index in [0.29, 0.717) is 15.6 Å². The lowest BCUT2D eigenvalue weighted by Gasteiger charge is -2.33. The second-order valence-corrected chi connectivity index (χ2v) is 12.2. The summed E-state index contributed by atoms with van der Waals surface area (Å²) >= 11 is 18.6. The molecule has 1 aliphatic rings. The number of rotatable bonds is 9. The molecule has 202 valence electrons. The standard InChI is InChI=1S/C25H29Cl3FN3O4S/c1-16(25(34)30-17-7-4-3-5-8-17)31(14-19-20(26)9-6-10-21(19)27)24(33)15-32(37(2,35)36)18-11-12-23(29)22(28)13-18/h6,9-13,16-17H,3-5,7-8,14-15H2,1-2H3,(H,30,34)/t16-/m0/s1. The van der Waals surface area contributed by atoms with Gasteiger partial charge in [-0.15, -0.1) is 0 Å². The molecule has 12 heteroatoms. The van der Waals surface area contributed by atoms with Gasteiger partial charge in [0, 0.05) is 28.2 Å². The minimum atomic E-state index is -3.98. The number of benzene rings is 2. The van der Waals surface area contributed by atoms with E-state index in [9.17, 15) is 22.4 Å². The third-order valence-corrected chi connectivity index (χ3v) is 8.52. The van der Waals surface area contributed by atoms with E-state index >= 15 is 0 Å². The van der Waals surface area contributed by atoms with E-state index in [1.54, 1.807) is 25.1 Å². The van der Waals surface area contributed by atoms with Gasteiger partial charge in [-0.05, 0) is 50.1 Å². The van der Waals surface area contributed by atoms with E-state index in [0.717, 1.165) is 54.8 Å². The highest BCUT2D eigenvalue weighted by Gasteiger charge is 2.32. The Hall–Kier alpha value is -2.07. The van der Waals surface area contributed by atoms with E-state index in [1.807, 2.05) is 0 Å². The van der Waals surface area contributed by atoms with E-state index in [1.165, 1.54) is 11.0 Å². The number of nitrogens with zero attached hydrogens (tertiary/aromatic N) is 2. The highest BCUT2D eigenvalue weighted by Crippen LogP contribution is 2.28. The fourth-order valence-electron chi connectivity index (χ4n) is 4.26. The summed E-state index contributed by atoms with van der Waals surface area (Å²) in [7, 11) is -3.98. The van der Waals surface area contributed by atoms with Crippen LogP contribution >= 0.6 is 34.8 Å². The van der Waals surface area contributed by atoms with Gasteiger partial charge in [0.15, 0.2) is 0 Å². The average Bonchev–Trinajstić information content (AvgIpc) is 2.83. The fraction of sp³-hybridized carbons (Fsp3) is 0.440. The average molecular weight is 593 g/mol. The predicted molar refractivity (Wildman–Crippen MR) is 145 cm³/mol. The third kappa shape index (κ3) is 7.72. The lowest BCUT2D eigenvalue weighted by atomic mass is 9.95. The lowest BCUT2D eigenvalue weighted by Crippen LogP contribution is -2.53. The van der Waals surface area contributed by atoms with Crippen LogP contribution in [0.2, 0.25) is 15.1 Å². The van der Waals surface area contributed by atoms with Crippen molar-refractivity contribution < 1.29 is 22.4 Å². The third-order valence-electron chi connectivity index (χ3n) is 6.38. The summed E-state index contributed by atoms with van der Waals surface area (Å²) in [5.41, 5.74) is 0.435. The summed E-state index contributed by atoms with van der Waals surface area (Å²) < 4.78 is 39.8. The van der Waals surface area contributed by atoms with Crippen molar-refractivity contribution in [3.8, 4) is 0 Å². The molecule has 0 spiro atoms. The van der Waals surface area contributed by atoms with Gasteiger partial charge in [0.2, 0.25) is 21.8 Å².